The minimum atomic E-state index is 0.0267. The monoisotopic (exact) mass is 346 g/mol. The van der Waals surface area contributed by atoms with Gasteiger partial charge in [0.1, 0.15) is 0 Å². The molecule has 120 valence electrons. The molecule has 2 aromatic carbocycles. The molecular weight excluding hydrogens is 328 g/mol. The molecule has 1 aliphatic heterocycles. The lowest BCUT2D eigenvalue weighted by Gasteiger charge is -2.33. The third kappa shape index (κ3) is 4.21. The second-order valence-corrected chi connectivity index (χ2v) is 7.60. The zero-order chi connectivity index (χ0) is 16.2. The van der Waals surface area contributed by atoms with Gasteiger partial charge >= 0.3 is 0 Å². The van der Waals surface area contributed by atoms with E-state index < -0.39 is 0 Å². The van der Waals surface area contributed by atoms with Gasteiger partial charge < -0.3 is 10.2 Å². The number of hydrogen-bond acceptors (Lipinski definition) is 3. The van der Waals surface area contributed by atoms with Gasteiger partial charge in [-0.3, -0.25) is 4.79 Å². The highest BCUT2D eigenvalue weighted by Crippen LogP contribution is 2.37. The predicted octanol–water partition coefficient (Wildman–Crippen LogP) is 3.96. The van der Waals surface area contributed by atoms with Gasteiger partial charge in [-0.2, -0.15) is 0 Å². The molecule has 1 heterocycles. The largest absolute Gasteiger partial charge is 0.360 e. The van der Waals surface area contributed by atoms with Gasteiger partial charge in [-0.25, -0.2) is 0 Å². The second kappa shape index (κ2) is 7.28. The Morgan fingerprint density at radius 2 is 2.13 bits per heavy atom. The van der Waals surface area contributed by atoms with E-state index >= 15 is 0 Å². The van der Waals surface area contributed by atoms with Gasteiger partial charge in [0.25, 0.3) is 0 Å². The normalized spacial score (nSPS) is 16.8. The van der Waals surface area contributed by atoms with Crippen molar-refractivity contribution in [2.24, 2.45) is 0 Å². The molecule has 1 N–H and O–H groups in total. The second-order valence-electron chi connectivity index (χ2n) is 5.68. The van der Waals surface area contributed by atoms with Gasteiger partial charge in [-0.05, 0) is 29.8 Å². The highest BCUT2D eigenvalue weighted by atomic mass is 35.5. The molecule has 0 saturated heterocycles. The summed E-state index contributed by atoms with van der Waals surface area (Å²) < 4.78 is 0. The van der Waals surface area contributed by atoms with Crippen LogP contribution in [0.1, 0.15) is 12.5 Å². The summed E-state index contributed by atoms with van der Waals surface area (Å²) >= 11 is 7.83. The summed E-state index contributed by atoms with van der Waals surface area (Å²) in [5.41, 5.74) is 2.15. The first-order valence-corrected chi connectivity index (χ1v) is 8.89. The molecule has 0 aromatic heterocycles. The number of benzene rings is 2. The maximum atomic E-state index is 12.3. The number of hydrogen-bond donors (Lipinski definition) is 1. The smallest absolute Gasteiger partial charge is 0.239 e. The number of fused-ring (bicyclic) bond motifs is 1. The Balaban J connectivity index is 1.62. The highest BCUT2D eigenvalue weighted by Gasteiger charge is 2.23. The molecule has 3 rings (SSSR count). The van der Waals surface area contributed by atoms with Crippen LogP contribution >= 0.6 is 23.4 Å². The van der Waals surface area contributed by atoms with Gasteiger partial charge in [0, 0.05) is 28.3 Å². The van der Waals surface area contributed by atoms with Crippen molar-refractivity contribution in [2.75, 3.05) is 18.0 Å². The van der Waals surface area contributed by atoms with Gasteiger partial charge in [-0.1, -0.05) is 42.8 Å². The zero-order valence-corrected chi connectivity index (χ0v) is 14.5. The minimum absolute atomic E-state index is 0.0267. The van der Waals surface area contributed by atoms with Gasteiger partial charge in [-0.15, -0.1) is 11.8 Å². The topological polar surface area (TPSA) is 32.3 Å². The number of thioether (sulfide) groups is 1. The fourth-order valence-electron chi connectivity index (χ4n) is 2.71. The van der Waals surface area contributed by atoms with E-state index in [0.717, 1.165) is 17.8 Å². The number of halogens is 1. The summed E-state index contributed by atoms with van der Waals surface area (Å²) in [6, 6.07) is 15.8. The fraction of sp³-hybridized carbons (Fsp3) is 0.278. The van der Waals surface area contributed by atoms with Crippen LogP contribution in [0.5, 0.6) is 0 Å². The Labute approximate surface area is 146 Å². The number of nitrogens with zero attached hydrogens (tertiary/aromatic N) is 1. The lowest BCUT2D eigenvalue weighted by molar-refractivity contribution is -0.119. The van der Waals surface area contributed by atoms with Gasteiger partial charge in [0.05, 0.1) is 12.2 Å². The molecular formula is C18H19ClN2OS. The number of carbonyl (C=O) groups is 1. The van der Waals surface area contributed by atoms with E-state index in [9.17, 15) is 4.79 Å². The Morgan fingerprint density at radius 3 is 2.96 bits per heavy atom. The molecule has 2 aromatic rings. The van der Waals surface area contributed by atoms with E-state index in [0.29, 0.717) is 23.4 Å². The van der Waals surface area contributed by atoms with Crippen LogP contribution in [-0.2, 0) is 11.3 Å². The molecule has 3 nitrogen and oxygen atoms in total. The summed E-state index contributed by atoms with van der Waals surface area (Å²) in [7, 11) is 0. The van der Waals surface area contributed by atoms with E-state index in [4.69, 9.17) is 11.6 Å². The van der Waals surface area contributed by atoms with Crippen molar-refractivity contribution in [2.45, 2.75) is 23.6 Å². The van der Waals surface area contributed by atoms with E-state index in [2.05, 4.69) is 29.3 Å². The molecule has 0 fully saturated rings. The van der Waals surface area contributed by atoms with Crippen molar-refractivity contribution in [1.29, 1.82) is 0 Å². The number of anilines is 1. The van der Waals surface area contributed by atoms with Crippen LogP contribution in [0.3, 0.4) is 0 Å². The Morgan fingerprint density at radius 1 is 1.30 bits per heavy atom. The Bertz CT molecular complexity index is 707. The van der Waals surface area contributed by atoms with E-state index in [1.54, 1.807) is 0 Å². The van der Waals surface area contributed by atoms with Crippen molar-refractivity contribution >= 4 is 35.0 Å². The predicted molar refractivity (Wildman–Crippen MR) is 97.3 cm³/mol. The highest BCUT2D eigenvalue weighted by molar-refractivity contribution is 8.00. The van der Waals surface area contributed by atoms with Crippen molar-refractivity contribution < 1.29 is 4.79 Å². The average Bonchev–Trinajstić information content (AvgIpc) is 2.53. The lowest BCUT2D eigenvalue weighted by Crippen LogP contribution is -2.41. The van der Waals surface area contributed by atoms with E-state index in [1.165, 1.54) is 4.90 Å². The number of carbonyl (C=O) groups excluding carboxylic acids is 1. The molecule has 1 aliphatic rings. The van der Waals surface area contributed by atoms with Gasteiger partial charge in [0.15, 0.2) is 0 Å². The summed E-state index contributed by atoms with van der Waals surface area (Å²) in [4.78, 5) is 15.7. The summed E-state index contributed by atoms with van der Waals surface area (Å²) in [6.45, 7) is 3.95. The van der Waals surface area contributed by atoms with Crippen molar-refractivity contribution in [3.63, 3.8) is 0 Å². The van der Waals surface area contributed by atoms with Crippen LogP contribution in [0.15, 0.2) is 53.4 Å². The number of rotatable bonds is 4. The molecule has 0 aliphatic carbocycles. The van der Waals surface area contributed by atoms with Crippen molar-refractivity contribution in [3.05, 3.63) is 59.1 Å². The number of amides is 1. The molecule has 0 saturated carbocycles. The van der Waals surface area contributed by atoms with Crippen LogP contribution < -0.4 is 10.2 Å². The Hall–Kier alpha value is -1.65. The summed E-state index contributed by atoms with van der Waals surface area (Å²) in [6.07, 6.45) is 0. The van der Waals surface area contributed by atoms with Crippen LogP contribution in [0, 0.1) is 0 Å². The maximum Gasteiger partial charge on any atom is 0.239 e. The number of nitrogens with one attached hydrogen (secondary N) is 1. The molecule has 0 radical (unpaired) electrons. The van der Waals surface area contributed by atoms with Crippen LogP contribution in [0.2, 0.25) is 5.02 Å². The quantitative estimate of drug-likeness (QED) is 0.909. The third-order valence-corrected chi connectivity index (χ3v) is 5.11. The first kappa shape index (κ1) is 16.2. The molecule has 23 heavy (non-hydrogen) atoms. The summed E-state index contributed by atoms with van der Waals surface area (Å²) in [5.74, 6) is 0.0267. The van der Waals surface area contributed by atoms with E-state index in [1.807, 2.05) is 48.2 Å². The van der Waals surface area contributed by atoms with Crippen LogP contribution in [-0.4, -0.2) is 24.2 Å². The van der Waals surface area contributed by atoms with Crippen molar-refractivity contribution in [3.8, 4) is 0 Å². The molecule has 5 heteroatoms. The lowest BCUT2D eigenvalue weighted by atomic mass is 10.2. The molecule has 1 unspecified atom stereocenters. The van der Waals surface area contributed by atoms with E-state index in [-0.39, 0.29) is 5.91 Å². The standard InChI is InChI=1S/C18H19ClN2OS/c1-13-11-21(16-7-2-3-8-17(16)23-13)12-18(22)20-10-14-5-4-6-15(19)9-14/h2-9,13H,10-12H2,1H3,(H,20,22). The fourth-order valence-corrected chi connectivity index (χ4v) is 4.08. The third-order valence-electron chi connectivity index (χ3n) is 3.72. The zero-order valence-electron chi connectivity index (χ0n) is 13.0. The maximum absolute atomic E-state index is 12.3. The minimum Gasteiger partial charge on any atom is -0.360 e. The van der Waals surface area contributed by atoms with Crippen LogP contribution in [0.25, 0.3) is 0 Å². The Kier molecular flexibility index (Phi) is 5.13. The molecule has 0 bridgehead atoms. The SMILES string of the molecule is CC1CN(CC(=O)NCc2cccc(Cl)c2)c2ccccc2S1. The summed E-state index contributed by atoms with van der Waals surface area (Å²) in [5, 5.41) is 4.14. The molecule has 1 atom stereocenters. The van der Waals surface area contributed by atoms with Gasteiger partial charge in [0.2, 0.25) is 5.91 Å². The van der Waals surface area contributed by atoms with Crippen molar-refractivity contribution in [1.82, 2.24) is 5.32 Å². The average molecular weight is 347 g/mol. The molecule has 1 amide bonds. The molecule has 0 spiro atoms. The van der Waals surface area contributed by atoms with Crippen LogP contribution in [0.4, 0.5) is 5.69 Å². The first-order chi connectivity index (χ1) is 11.1. The first-order valence-electron chi connectivity index (χ1n) is 7.63. The number of para-hydroxylation sites is 1.